The van der Waals surface area contributed by atoms with E-state index < -0.39 is 10.1 Å². The normalized spacial score (nSPS) is 11.5. The van der Waals surface area contributed by atoms with Crippen LogP contribution >= 0.6 is 11.6 Å². The number of fused-ring (bicyclic) bond motifs is 1. The first-order valence-electron chi connectivity index (χ1n) is 6.66. The van der Waals surface area contributed by atoms with Gasteiger partial charge in [-0.1, -0.05) is 53.6 Å². The summed E-state index contributed by atoms with van der Waals surface area (Å²) in [5.74, 6) is 0.264. The van der Waals surface area contributed by atoms with Crippen molar-refractivity contribution >= 4 is 32.5 Å². The summed E-state index contributed by atoms with van der Waals surface area (Å²) in [6.07, 6.45) is 0. The summed E-state index contributed by atoms with van der Waals surface area (Å²) in [7, 11) is -3.88. The Morgan fingerprint density at radius 1 is 0.864 bits per heavy atom. The van der Waals surface area contributed by atoms with Crippen molar-refractivity contribution < 1.29 is 12.6 Å². The number of aryl methyl sites for hydroxylation is 1. The molecule has 0 heterocycles. The summed E-state index contributed by atoms with van der Waals surface area (Å²) in [6.45, 7) is 1.89. The van der Waals surface area contributed by atoms with Crippen LogP contribution in [0, 0.1) is 6.92 Å². The summed E-state index contributed by atoms with van der Waals surface area (Å²) >= 11 is 6.13. The van der Waals surface area contributed by atoms with Crippen LogP contribution in [0.15, 0.2) is 65.6 Å². The molecule has 0 unspecified atom stereocenters. The predicted molar refractivity (Wildman–Crippen MR) is 88.0 cm³/mol. The molecular weight excluding hydrogens is 320 g/mol. The van der Waals surface area contributed by atoms with Crippen molar-refractivity contribution in [2.24, 2.45) is 0 Å². The minimum atomic E-state index is -3.88. The van der Waals surface area contributed by atoms with Crippen molar-refractivity contribution in [3.63, 3.8) is 0 Å². The molecule has 3 aromatic rings. The van der Waals surface area contributed by atoms with E-state index >= 15 is 0 Å². The van der Waals surface area contributed by atoms with E-state index in [4.69, 9.17) is 15.8 Å². The molecule has 3 nitrogen and oxygen atoms in total. The van der Waals surface area contributed by atoms with Gasteiger partial charge >= 0.3 is 10.1 Å². The fourth-order valence-corrected chi connectivity index (χ4v) is 3.35. The molecule has 0 bridgehead atoms. The molecule has 5 heteroatoms. The van der Waals surface area contributed by atoms with E-state index in [-0.39, 0.29) is 10.6 Å². The lowest BCUT2D eigenvalue weighted by atomic mass is 10.1. The fourth-order valence-electron chi connectivity index (χ4n) is 2.18. The molecule has 0 saturated heterocycles. The fraction of sp³-hybridized carbons (Fsp3) is 0.0588. The van der Waals surface area contributed by atoms with Crippen LogP contribution in [0.5, 0.6) is 5.75 Å². The van der Waals surface area contributed by atoms with Gasteiger partial charge in [0, 0.05) is 15.8 Å². The molecule has 3 aromatic carbocycles. The minimum absolute atomic E-state index is 0.122. The van der Waals surface area contributed by atoms with E-state index in [1.165, 1.54) is 12.1 Å². The van der Waals surface area contributed by atoms with Gasteiger partial charge in [-0.2, -0.15) is 8.42 Å². The lowest BCUT2D eigenvalue weighted by Crippen LogP contribution is -2.10. The van der Waals surface area contributed by atoms with Crippen molar-refractivity contribution in [1.29, 1.82) is 0 Å². The summed E-state index contributed by atoms with van der Waals surface area (Å²) in [6, 6.07) is 17.0. The maximum atomic E-state index is 12.4. The van der Waals surface area contributed by atoms with E-state index in [1.54, 1.807) is 30.3 Å². The van der Waals surface area contributed by atoms with Crippen molar-refractivity contribution in [1.82, 2.24) is 0 Å². The van der Waals surface area contributed by atoms with Crippen LogP contribution in [-0.4, -0.2) is 8.42 Å². The molecule has 3 rings (SSSR count). The van der Waals surface area contributed by atoms with Gasteiger partial charge in [-0.3, -0.25) is 0 Å². The zero-order chi connectivity index (χ0) is 15.7. The molecule has 0 saturated carbocycles. The molecule has 0 N–H and O–H groups in total. The molecule has 22 heavy (non-hydrogen) atoms. The van der Waals surface area contributed by atoms with E-state index in [0.29, 0.717) is 10.4 Å². The van der Waals surface area contributed by atoms with Crippen molar-refractivity contribution in [3.05, 3.63) is 71.2 Å². The molecule has 0 fully saturated rings. The Balaban J connectivity index is 2.06. The highest BCUT2D eigenvalue weighted by Crippen LogP contribution is 2.32. The standard InChI is InChI=1S/C17H13ClO3S/c1-12-6-8-13(9-7-12)22(19,20)21-17-11-10-16(18)14-4-2-3-5-15(14)17/h2-11H,1H3. The third kappa shape index (κ3) is 2.80. The third-order valence-corrected chi connectivity index (χ3v) is 4.92. The van der Waals surface area contributed by atoms with Crippen LogP contribution in [0.1, 0.15) is 5.56 Å². The summed E-state index contributed by atoms with van der Waals surface area (Å²) in [5.41, 5.74) is 0.982. The number of hydrogen-bond acceptors (Lipinski definition) is 3. The molecule has 112 valence electrons. The predicted octanol–water partition coefficient (Wildman–Crippen LogP) is 4.57. The topological polar surface area (TPSA) is 43.4 Å². The second-order valence-corrected chi connectivity index (χ2v) is 6.90. The zero-order valence-corrected chi connectivity index (χ0v) is 13.4. The number of rotatable bonds is 3. The van der Waals surface area contributed by atoms with Gasteiger partial charge in [0.1, 0.15) is 4.90 Å². The largest absolute Gasteiger partial charge is 0.378 e. The highest BCUT2D eigenvalue weighted by Gasteiger charge is 2.18. The Kier molecular flexibility index (Phi) is 3.81. The van der Waals surface area contributed by atoms with E-state index in [2.05, 4.69) is 0 Å². The lowest BCUT2D eigenvalue weighted by Gasteiger charge is -2.10. The quantitative estimate of drug-likeness (QED) is 0.660. The minimum Gasteiger partial charge on any atom is -0.378 e. The first-order chi connectivity index (χ1) is 10.5. The summed E-state index contributed by atoms with van der Waals surface area (Å²) < 4.78 is 30.1. The summed E-state index contributed by atoms with van der Waals surface area (Å²) in [4.78, 5) is 0.122. The molecule has 0 aliphatic carbocycles. The first-order valence-corrected chi connectivity index (χ1v) is 8.44. The molecule has 0 aliphatic heterocycles. The van der Waals surface area contributed by atoms with Gasteiger partial charge in [0.25, 0.3) is 0 Å². The van der Waals surface area contributed by atoms with Gasteiger partial charge < -0.3 is 4.18 Å². The summed E-state index contributed by atoms with van der Waals surface area (Å²) in [5, 5.41) is 1.96. The Morgan fingerprint density at radius 2 is 1.50 bits per heavy atom. The van der Waals surface area contributed by atoms with Crippen molar-refractivity contribution in [2.75, 3.05) is 0 Å². The van der Waals surface area contributed by atoms with E-state index in [1.807, 2.05) is 25.1 Å². The monoisotopic (exact) mass is 332 g/mol. The third-order valence-electron chi connectivity index (χ3n) is 3.34. The molecule has 0 atom stereocenters. The number of halogens is 1. The van der Waals surface area contributed by atoms with Gasteiger partial charge in [0.2, 0.25) is 0 Å². The van der Waals surface area contributed by atoms with Gasteiger partial charge in [-0.15, -0.1) is 0 Å². The zero-order valence-electron chi connectivity index (χ0n) is 11.8. The molecule has 0 spiro atoms. The van der Waals surface area contributed by atoms with Crippen LogP contribution in [0.4, 0.5) is 0 Å². The van der Waals surface area contributed by atoms with E-state index in [9.17, 15) is 8.42 Å². The second-order valence-electron chi connectivity index (χ2n) is 4.94. The van der Waals surface area contributed by atoms with Gasteiger partial charge in [0.15, 0.2) is 5.75 Å². The smallest absolute Gasteiger partial charge is 0.339 e. The first kappa shape index (κ1) is 14.9. The molecular formula is C17H13ClO3S. The second kappa shape index (κ2) is 5.63. The maximum absolute atomic E-state index is 12.4. The van der Waals surface area contributed by atoms with Crippen molar-refractivity contribution in [2.45, 2.75) is 11.8 Å². The van der Waals surface area contributed by atoms with Crippen LogP contribution in [0.25, 0.3) is 10.8 Å². The Bertz CT molecular complexity index is 932. The SMILES string of the molecule is Cc1ccc(S(=O)(=O)Oc2ccc(Cl)c3ccccc23)cc1. The van der Waals surface area contributed by atoms with Crippen LogP contribution in [0.2, 0.25) is 5.02 Å². The average molecular weight is 333 g/mol. The Labute approximate surface area is 134 Å². The number of hydrogen-bond donors (Lipinski definition) is 0. The Morgan fingerprint density at radius 3 is 2.18 bits per heavy atom. The molecule has 0 radical (unpaired) electrons. The maximum Gasteiger partial charge on any atom is 0.339 e. The molecule has 0 aliphatic rings. The van der Waals surface area contributed by atoms with E-state index in [0.717, 1.165) is 10.9 Å². The van der Waals surface area contributed by atoms with Crippen LogP contribution in [0.3, 0.4) is 0 Å². The van der Waals surface area contributed by atoms with Gasteiger partial charge in [-0.25, -0.2) is 0 Å². The molecule has 0 amide bonds. The average Bonchev–Trinajstić information content (AvgIpc) is 2.51. The van der Waals surface area contributed by atoms with Crippen molar-refractivity contribution in [3.8, 4) is 5.75 Å². The van der Waals surface area contributed by atoms with Crippen LogP contribution < -0.4 is 4.18 Å². The highest BCUT2D eigenvalue weighted by atomic mass is 35.5. The number of benzene rings is 3. The highest BCUT2D eigenvalue weighted by molar-refractivity contribution is 7.87. The lowest BCUT2D eigenvalue weighted by molar-refractivity contribution is 0.488. The molecule has 0 aromatic heterocycles. The Hall–Kier alpha value is -2.04. The van der Waals surface area contributed by atoms with Crippen LogP contribution in [-0.2, 0) is 10.1 Å². The van der Waals surface area contributed by atoms with Gasteiger partial charge in [-0.05, 0) is 31.2 Å². The van der Waals surface area contributed by atoms with Gasteiger partial charge in [0.05, 0.1) is 0 Å².